The molecule has 1 aromatic heterocycles. The van der Waals surface area contributed by atoms with E-state index in [9.17, 15) is 13.2 Å². The van der Waals surface area contributed by atoms with E-state index in [1.807, 2.05) is 6.07 Å². The summed E-state index contributed by atoms with van der Waals surface area (Å²) >= 11 is 0. The smallest absolute Gasteiger partial charge is 0.277 e. The summed E-state index contributed by atoms with van der Waals surface area (Å²) in [6.07, 6.45) is 1.64. The van der Waals surface area contributed by atoms with Crippen molar-refractivity contribution in [1.82, 2.24) is 14.8 Å². The monoisotopic (exact) mass is 401 g/mol. The summed E-state index contributed by atoms with van der Waals surface area (Å²) in [5, 5.41) is 17.8. The van der Waals surface area contributed by atoms with Crippen molar-refractivity contribution in [2.45, 2.75) is 36.5 Å². The van der Waals surface area contributed by atoms with Gasteiger partial charge in [0.2, 0.25) is 16.0 Å². The molecule has 2 spiro atoms. The summed E-state index contributed by atoms with van der Waals surface area (Å²) in [6, 6.07) is 7.01. The summed E-state index contributed by atoms with van der Waals surface area (Å²) in [7, 11) is -2.22. The Morgan fingerprint density at radius 1 is 1.36 bits per heavy atom. The van der Waals surface area contributed by atoms with Crippen LogP contribution in [0, 0.1) is 12.3 Å². The molecule has 0 radical (unpaired) electrons. The maximum absolute atomic E-state index is 13.0. The van der Waals surface area contributed by atoms with Gasteiger partial charge in [0, 0.05) is 25.2 Å². The van der Waals surface area contributed by atoms with E-state index in [4.69, 9.17) is 9.93 Å². The average Bonchev–Trinajstić information content (AvgIpc) is 3.34. The first-order chi connectivity index (χ1) is 13.2. The summed E-state index contributed by atoms with van der Waals surface area (Å²) in [6.45, 7) is 1.70. The summed E-state index contributed by atoms with van der Waals surface area (Å²) < 4.78 is 31.1. The van der Waals surface area contributed by atoms with Crippen molar-refractivity contribution in [1.29, 1.82) is 5.41 Å². The Hall–Kier alpha value is -2.88. The Labute approximate surface area is 161 Å². The fourth-order valence-electron chi connectivity index (χ4n) is 4.46. The molecule has 1 saturated heterocycles. The van der Waals surface area contributed by atoms with Gasteiger partial charge in [0.15, 0.2) is 5.69 Å². The number of hydrogen-bond acceptors (Lipinski definition) is 6. The number of aromatic nitrogens is 1. The number of nitrogens with one attached hydrogen (secondary N) is 3. The van der Waals surface area contributed by atoms with Crippen LogP contribution in [0.4, 0.5) is 5.69 Å². The van der Waals surface area contributed by atoms with E-state index in [1.54, 1.807) is 25.1 Å². The maximum atomic E-state index is 13.0. The molecule has 5 rings (SSSR count). The van der Waals surface area contributed by atoms with Gasteiger partial charge in [-0.05, 0) is 43.0 Å². The van der Waals surface area contributed by atoms with Gasteiger partial charge < -0.3 is 15.2 Å². The minimum atomic E-state index is -3.63. The van der Waals surface area contributed by atoms with Crippen LogP contribution in [0.2, 0.25) is 0 Å². The van der Waals surface area contributed by atoms with Crippen molar-refractivity contribution >= 4 is 27.6 Å². The number of carbonyl (C=O) groups is 1. The second kappa shape index (κ2) is 5.13. The molecule has 1 aromatic carbocycles. The Morgan fingerprint density at radius 3 is 2.75 bits per heavy atom. The number of aryl methyl sites for hydroxylation is 1. The van der Waals surface area contributed by atoms with Crippen LogP contribution in [0.3, 0.4) is 0 Å². The Kier molecular flexibility index (Phi) is 3.16. The molecular weight excluding hydrogens is 382 g/mol. The fourth-order valence-corrected chi connectivity index (χ4v) is 6.56. The molecule has 146 valence electrons. The number of nitrogens with zero attached hydrogens (tertiary/aromatic N) is 2. The number of fused-ring (bicyclic) bond motifs is 3. The molecule has 28 heavy (non-hydrogen) atoms. The molecule has 9 nitrogen and oxygen atoms in total. The number of rotatable bonds is 2. The second-order valence-corrected chi connectivity index (χ2v) is 9.95. The zero-order chi connectivity index (χ0) is 19.9. The van der Waals surface area contributed by atoms with Crippen LogP contribution in [0.25, 0.3) is 0 Å². The number of sulfonamides is 1. The number of amides is 1. The third kappa shape index (κ3) is 1.95. The lowest BCUT2D eigenvalue weighted by Gasteiger charge is -2.54. The Bertz CT molecular complexity index is 1150. The van der Waals surface area contributed by atoms with Gasteiger partial charge in [-0.3, -0.25) is 10.2 Å². The molecule has 1 saturated carbocycles. The maximum Gasteiger partial charge on any atom is 0.277 e. The Morgan fingerprint density at radius 2 is 2.11 bits per heavy atom. The first-order valence-corrected chi connectivity index (χ1v) is 10.4. The molecular formula is C18H19N5O4S. The third-order valence-electron chi connectivity index (χ3n) is 6.13. The van der Waals surface area contributed by atoms with Gasteiger partial charge in [-0.2, -0.15) is 0 Å². The molecule has 2 aliphatic carbocycles. The zero-order valence-corrected chi connectivity index (χ0v) is 16.2. The second-order valence-electron chi connectivity index (χ2n) is 7.67. The van der Waals surface area contributed by atoms with Gasteiger partial charge in [0.25, 0.3) is 5.91 Å². The van der Waals surface area contributed by atoms with Crippen molar-refractivity contribution in [3.63, 3.8) is 0 Å². The Balaban J connectivity index is 1.51. The van der Waals surface area contributed by atoms with Crippen LogP contribution in [-0.4, -0.2) is 41.5 Å². The summed E-state index contributed by atoms with van der Waals surface area (Å²) in [5.74, 6) is 0.00914. The minimum absolute atomic E-state index is 0.129. The molecule has 2 aromatic rings. The number of anilines is 1. The van der Waals surface area contributed by atoms with Gasteiger partial charge in [-0.15, -0.1) is 0 Å². The lowest BCUT2D eigenvalue weighted by Crippen LogP contribution is -2.72. The van der Waals surface area contributed by atoms with E-state index >= 15 is 0 Å². The summed E-state index contributed by atoms with van der Waals surface area (Å²) in [4.78, 5) is 12.4. The minimum Gasteiger partial charge on any atom is -0.361 e. The predicted octanol–water partition coefficient (Wildman–Crippen LogP) is 1.32. The lowest BCUT2D eigenvalue weighted by atomic mass is 9.67. The first kappa shape index (κ1) is 17.2. The molecule has 1 aliphatic heterocycles. The molecule has 2 heterocycles. The van der Waals surface area contributed by atoms with Crippen molar-refractivity contribution < 1.29 is 17.7 Å². The number of hydrogen-bond donors (Lipinski definition) is 3. The molecule has 0 bridgehead atoms. The largest absolute Gasteiger partial charge is 0.361 e. The molecule has 3 aliphatic rings. The lowest BCUT2D eigenvalue weighted by molar-refractivity contribution is 0.101. The highest BCUT2D eigenvalue weighted by atomic mass is 32.2. The highest BCUT2D eigenvalue weighted by molar-refractivity contribution is 7.91. The van der Waals surface area contributed by atoms with E-state index in [0.29, 0.717) is 30.7 Å². The average molecular weight is 401 g/mol. The molecule has 1 atom stereocenters. The third-order valence-corrected chi connectivity index (χ3v) is 8.77. The van der Waals surface area contributed by atoms with Crippen LogP contribution in [-0.2, 0) is 22.0 Å². The number of guanidine groups is 1. The van der Waals surface area contributed by atoms with E-state index in [1.165, 1.54) is 7.05 Å². The van der Waals surface area contributed by atoms with E-state index in [2.05, 4.69) is 15.8 Å². The molecule has 1 amide bonds. The topological polar surface area (TPSA) is 128 Å². The van der Waals surface area contributed by atoms with Crippen LogP contribution < -0.4 is 10.6 Å². The summed E-state index contributed by atoms with van der Waals surface area (Å²) in [5.41, 5.74) is 1.73. The normalized spacial score (nSPS) is 25.8. The van der Waals surface area contributed by atoms with Gasteiger partial charge in [0.1, 0.15) is 10.5 Å². The van der Waals surface area contributed by atoms with Gasteiger partial charge in [-0.1, -0.05) is 11.2 Å². The molecule has 10 heteroatoms. The van der Waals surface area contributed by atoms with Gasteiger partial charge in [0.05, 0.1) is 5.54 Å². The zero-order valence-electron chi connectivity index (χ0n) is 15.4. The number of benzene rings is 1. The van der Waals surface area contributed by atoms with E-state index in [-0.39, 0.29) is 11.7 Å². The van der Waals surface area contributed by atoms with Crippen molar-refractivity contribution in [2.75, 3.05) is 12.4 Å². The van der Waals surface area contributed by atoms with E-state index in [0.717, 1.165) is 15.4 Å². The first-order valence-electron chi connectivity index (χ1n) is 8.93. The van der Waals surface area contributed by atoms with Crippen LogP contribution in [0.5, 0.6) is 0 Å². The predicted molar refractivity (Wildman–Crippen MR) is 101 cm³/mol. The van der Waals surface area contributed by atoms with Gasteiger partial charge in [-0.25, -0.2) is 12.7 Å². The number of carbonyl (C=O) groups excluding carboxylic acids is 1. The highest BCUT2D eigenvalue weighted by Gasteiger charge is 2.75. The van der Waals surface area contributed by atoms with Crippen LogP contribution in [0.1, 0.15) is 40.2 Å². The quantitative estimate of drug-likeness (QED) is 0.696. The molecule has 2 fully saturated rings. The van der Waals surface area contributed by atoms with E-state index < -0.39 is 26.2 Å². The van der Waals surface area contributed by atoms with Crippen molar-refractivity contribution in [3.8, 4) is 0 Å². The van der Waals surface area contributed by atoms with Crippen LogP contribution >= 0.6 is 0 Å². The fraction of sp³-hybridized carbons (Fsp3) is 0.389. The highest BCUT2D eigenvalue weighted by Crippen LogP contribution is 2.63. The van der Waals surface area contributed by atoms with Crippen LogP contribution in [0.15, 0.2) is 28.8 Å². The van der Waals surface area contributed by atoms with Crippen molar-refractivity contribution in [3.05, 3.63) is 46.8 Å². The van der Waals surface area contributed by atoms with Crippen molar-refractivity contribution in [2.24, 2.45) is 0 Å². The molecule has 3 N–H and O–H groups in total. The standard InChI is InChI=1S/C18H19N5O4S/c1-10-7-14(22-27-10)15(24)20-12-4-3-11-9-18(13(11)8-12)17(5-6-17)28(25,26)23(2)16(19)21-18/h3-4,7-8H,5-6,9H2,1-2H3,(H2,19,21)(H,20,24)/t18-/m1/s1. The molecule has 0 unspecified atom stereocenters. The van der Waals surface area contributed by atoms with Gasteiger partial charge >= 0.3 is 0 Å². The SMILES string of the molecule is Cc1cc(C(=O)Nc2ccc3c(c2)[C@@]2(C3)NC(=N)N(C)S(=O)(=O)C23CC3)no1.